The van der Waals surface area contributed by atoms with Gasteiger partial charge in [0.2, 0.25) is 0 Å². The summed E-state index contributed by atoms with van der Waals surface area (Å²) in [5.74, 6) is -0.337. The third-order valence-corrected chi connectivity index (χ3v) is 5.43. The van der Waals surface area contributed by atoms with Gasteiger partial charge in [-0.25, -0.2) is 9.78 Å². The lowest BCUT2D eigenvalue weighted by atomic mass is 10.1. The van der Waals surface area contributed by atoms with E-state index in [1.54, 1.807) is 19.3 Å². The number of allylic oxidation sites excluding steroid dienone is 1. The number of aryl methyl sites for hydroxylation is 1. The van der Waals surface area contributed by atoms with E-state index in [1.165, 1.54) is 0 Å². The highest BCUT2D eigenvalue weighted by Gasteiger charge is 2.13. The molecule has 0 N–H and O–H groups in total. The van der Waals surface area contributed by atoms with Crippen molar-refractivity contribution in [1.82, 2.24) is 14.1 Å². The van der Waals surface area contributed by atoms with Crippen LogP contribution in [0.1, 0.15) is 34.2 Å². The number of hydrogen-bond donors (Lipinski definition) is 0. The first-order valence-corrected chi connectivity index (χ1v) is 10.5. The summed E-state index contributed by atoms with van der Waals surface area (Å²) in [6.45, 7) is 6.59. The Balaban J connectivity index is 1.68. The maximum atomic E-state index is 12.1. The minimum absolute atomic E-state index is 0.336. The van der Waals surface area contributed by atoms with Gasteiger partial charge in [-0.05, 0) is 68.8 Å². The fraction of sp³-hybridized carbons (Fsp3) is 0.192. The average Bonchev–Trinajstić information content (AvgIpc) is 3.33. The number of carbonyl (C=O) groups excluding carboxylic acids is 1. The van der Waals surface area contributed by atoms with Gasteiger partial charge in [0.15, 0.2) is 0 Å². The predicted molar refractivity (Wildman–Crippen MR) is 125 cm³/mol. The highest BCUT2D eigenvalue weighted by molar-refractivity contribution is 5.90. The number of imidazole rings is 1. The molecule has 0 amide bonds. The number of fused-ring (bicyclic) bond motifs is 1. The van der Waals surface area contributed by atoms with Crippen molar-refractivity contribution in [1.29, 1.82) is 5.26 Å². The molecule has 0 spiro atoms. The van der Waals surface area contributed by atoms with Gasteiger partial charge in [0.05, 0.1) is 42.1 Å². The van der Waals surface area contributed by atoms with Crippen molar-refractivity contribution in [2.75, 3.05) is 6.61 Å². The van der Waals surface area contributed by atoms with Crippen LogP contribution in [0, 0.1) is 25.2 Å². The SMILES string of the molecule is CCOC(=O)c1cccc(-n2c(C)cc(/C=C(/C#N)Cn3cnc4ccccc43)c2C)c1. The van der Waals surface area contributed by atoms with Crippen molar-refractivity contribution in [2.24, 2.45) is 0 Å². The van der Waals surface area contributed by atoms with E-state index in [9.17, 15) is 10.1 Å². The van der Waals surface area contributed by atoms with Crippen LogP contribution < -0.4 is 0 Å². The molecule has 0 aliphatic heterocycles. The first kappa shape index (κ1) is 21.1. The molecule has 6 nitrogen and oxygen atoms in total. The molecule has 0 bridgehead atoms. The fourth-order valence-corrected chi connectivity index (χ4v) is 3.94. The Morgan fingerprint density at radius 1 is 1.16 bits per heavy atom. The van der Waals surface area contributed by atoms with Crippen molar-refractivity contribution < 1.29 is 9.53 Å². The number of nitriles is 1. The molecule has 0 saturated heterocycles. The number of esters is 1. The largest absolute Gasteiger partial charge is 0.462 e. The normalized spacial score (nSPS) is 11.5. The Bertz CT molecular complexity index is 1370. The van der Waals surface area contributed by atoms with E-state index >= 15 is 0 Å². The molecule has 0 atom stereocenters. The summed E-state index contributed by atoms with van der Waals surface area (Å²) < 4.78 is 9.19. The maximum Gasteiger partial charge on any atom is 0.338 e. The number of ether oxygens (including phenoxy) is 1. The predicted octanol–water partition coefficient (Wildman–Crippen LogP) is 5.23. The van der Waals surface area contributed by atoms with Crippen LogP contribution in [-0.2, 0) is 11.3 Å². The van der Waals surface area contributed by atoms with E-state index in [2.05, 4.69) is 21.7 Å². The van der Waals surface area contributed by atoms with Gasteiger partial charge in [0, 0.05) is 22.6 Å². The minimum atomic E-state index is -0.337. The van der Waals surface area contributed by atoms with Crippen LogP contribution in [0.25, 0.3) is 22.8 Å². The molecule has 160 valence electrons. The van der Waals surface area contributed by atoms with Crippen LogP contribution in [-0.4, -0.2) is 26.7 Å². The smallest absolute Gasteiger partial charge is 0.338 e. The topological polar surface area (TPSA) is 72.8 Å². The zero-order valence-corrected chi connectivity index (χ0v) is 18.4. The molecule has 0 radical (unpaired) electrons. The fourth-order valence-electron chi connectivity index (χ4n) is 3.94. The lowest BCUT2D eigenvalue weighted by Crippen LogP contribution is -2.06. The quantitative estimate of drug-likeness (QED) is 0.314. The molecular formula is C26H24N4O2. The van der Waals surface area contributed by atoms with Gasteiger partial charge in [-0.15, -0.1) is 0 Å². The molecule has 4 aromatic rings. The molecule has 2 aromatic heterocycles. The van der Waals surface area contributed by atoms with Crippen LogP contribution in [0.3, 0.4) is 0 Å². The van der Waals surface area contributed by atoms with E-state index in [0.29, 0.717) is 24.3 Å². The lowest BCUT2D eigenvalue weighted by molar-refractivity contribution is 0.0526. The molecule has 0 unspecified atom stereocenters. The summed E-state index contributed by atoms with van der Waals surface area (Å²) in [5.41, 5.74) is 6.90. The maximum absolute atomic E-state index is 12.1. The van der Waals surface area contributed by atoms with Crippen molar-refractivity contribution in [3.63, 3.8) is 0 Å². The molecule has 4 rings (SSSR count). The first-order chi connectivity index (χ1) is 15.5. The molecular weight excluding hydrogens is 400 g/mol. The molecule has 0 aliphatic carbocycles. The highest BCUT2D eigenvalue weighted by atomic mass is 16.5. The molecule has 6 heteroatoms. The van der Waals surface area contributed by atoms with Crippen molar-refractivity contribution in [3.8, 4) is 11.8 Å². The minimum Gasteiger partial charge on any atom is -0.462 e. The zero-order valence-electron chi connectivity index (χ0n) is 18.4. The third kappa shape index (κ3) is 4.06. The Morgan fingerprint density at radius 2 is 1.97 bits per heavy atom. The van der Waals surface area contributed by atoms with E-state index in [4.69, 9.17) is 4.74 Å². The van der Waals surface area contributed by atoms with Gasteiger partial charge < -0.3 is 13.9 Å². The summed E-state index contributed by atoms with van der Waals surface area (Å²) >= 11 is 0. The van der Waals surface area contributed by atoms with E-state index in [0.717, 1.165) is 33.7 Å². The number of para-hydroxylation sites is 2. The second kappa shape index (κ2) is 8.94. The van der Waals surface area contributed by atoms with Gasteiger partial charge in [0.1, 0.15) is 0 Å². The monoisotopic (exact) mass is 424 g/mol. The van der Waals surface area contributed by atoms with Crippen LogP contribution in [0.5, 0.6) is 0 Å². The standard InChI is InChI=1S/C26H24N4O2/c1-4-32-26(31)21-8-7-9-23(14-21)30-18(2)12-22(19(30)3)13-20(15-27)16-29-17-28-24-10-5-6-11-25(24)29/h5-14,17H,4,16H2,1-3H3/b20-13-. The number of aromatic nitrogens is 3. The van der Waals surface area contributed by atoms with Crippen molar-refractivity contribution >= 4 is 23.1 Å². The molecule has 2 heterocycles. The highest BCUT2D eigenvalue weighted by Crippen LogP contribution is 2.24. The third-order valence-electron chi connectivity index (χ3n) is 5.43. The van der Waals surface area contributed by atoms with Crippen molar-refractivity contribution in [3.05, 3.63) is 89.0 Å². The van der Waals surface area contributed by atoms with Gasteiger partial charge in [-0.3, -0.25) is 0 Å². The second-order valence-electron chi connectivity index (χ2n) is 7.58. The summed E-state index contributed by atoms with van der Waals surface area (Å²) in [6, 6.07) is 19.6. The van der Waals surface area contributed by atoms with Crippen LogP contribution in [0.4, 0.5) is 0 Å². The number of nitrogens with zero attached hydrogens (tertiary/aromatic N) is 4. The van der Waals surface area contributed by atoms with E-state index in [-0.39, 0.29) is 5.97 Å². The summed E-state index contributed by atoms with van der Waals surface area (Å²) in [5, 5.41) is 9.78. The van der Waals surface area contributed by atoms with Crippen LogP contribution in [0.15, 0.2) is 66.5 Å². The molecule has 2 aromatic carbocycles. The number of benzene rings is 2. The zero-order chi connectivity index (χ0) is 22.7. The Hall–Kier alpha value is -4.11. The second-order valence-corrected chi connectivity index (χ2v) is 7.58. The molecule has 0 fully saturated rings. The van der Waals surface area contributed by atoms with Gasteiger partial charge >= 0.3 is 5.97 Å². The Labute approximate surface area is 187 Å². The van der Waals surface area contributed by atoms with Crippen molar-refractivity contribution in [2.45, 2.75) is 27.3 Å². The van der Waals surface area contributed by atoms with Crippen LogP contribution in [0.2, 0.25) is 0 Å². The molecule has 0 aliphatic rings. The van der Waals surface area contributed by atoms with E-state index in [1.807, 2.05) is 67.0 Å². The molecule has 0 saturated carbocycles. The summed E-state index contributed by atoms with van der Waals surface area (Å²) in [4.78, 5) is 16.6. The first-order valence-electron chi connectivity index (χ1n) is 10.5. The summed E-state index contributed by atoms with van der Waals surface area (Å²) in [6.07, 6.45) is 3.68. The average molecular weight is 425 g/mol. The van der Waals surface area contributed by atoms with Gasteiger partial charge in [-0.1, -0.05) is 18.2 Å². The Kier molecular flexibility index (Phi) is 5.91. The van der Waals surface area contributed by atoms with E-state index < -0.39 is 0 Å². The number of carbonyl (C=O) groups is 1. The lowest BCUT2D eigenvalue weighted by Gasteiger charge is -2.11. The summed E-state index contributed by atoms with van der Waals surface area (Å²) in [7, 11) is 0. The van der Waals surface area contributed by atoms with Gasteiger partial charge in [0.25, 0.3) is 0 Å². The Morgan fingerprint density at radius 3 is 2.75 bits per heavy atom. The van der Waals surface area contributed by atoms with Gasteiger partial charge in [-0.2, -0.15) is 5.26 Å². The molecule has 32 heavy (non-hydrogen) atoms. The number of rotatable bonds is 6. The van der Waals surface area contributed by atoms with Crippen LogP contribution >= 0.6 is 0 Å². The number of hydrogen-bond acceptors (Lipinski definition) is 4.